The largest absolute Gasteiger partial charge is 0.299 e. The Morgan fingerprint density at radius 1 is 1.22 bits per heavy atom. The van der Waals surface area contributed by atoms with Crippen molar-refractivity contribution in [2.24, 2.45) is 0 Å². The van der Waals surface area contributed by atoms with Gasteiger partial charge >= 0.3 is 0 Å². The van der Waals surface area contributed by atoms with Crippen LogP contribution >= 0.6 is 11.6 Å². The van der Waals surface area contributed by atoms with Crippen molar-refractivity contribution < 1.29 is 0 Å². The number of rotatable bonds is 3. The van der Waals surface area contributed by atoms with Gasteiger partial charge in [-0.25, -0.2) is 4.98 Å². The van der Waals surface area contributed by atoms with Crippen LogP contribution in [0.5, 0.6) is 0 Å². The quantitative estimate of drug-likeness (QED) is 0.783. The van der Waals surface area contributed by atoms with E-state index < -0.39 is 0 Å². The highest BCUT2D eigenvalue weighted by atomic mass is 35.5. The highest BCUT2D eigenvalue weighted by Crippen LogP contribution is 2.21. The number of hydrogen-bond acceptors (Lipinski definition) is 3. The fraction of sp³-hybridized carbons (Fsp3) is 0.643. The van der Waals surface area contributed by atoms with E-state index in [1.54, 1.807) is 0 Å². The first-order chi connectivity index (χ1) is 8.81. The second-order valence-electron chi connectivity index (χ2n) is 5.41. The van der Waals surface area contributed by atoms with Gasteiger partial charge < -0.3 is 0 Å². The molecule has 3 nitrogen and oxygen atoms in total. The van der Waals surface area contributed by atoms with E-state index in [-0.39, 0.29) is 0 Å². The molecule has 1 aromatic heterocycles. The Labute approximate surface area is 114 Å². The molecule has 1 aromatic rings. The van der Waals surface area contributed by atoms with Crippen LogP contribution in [0.15, 0.2) is 18.3 Å². The standard InChI is InChI=1S/C14H20ClN3/c15-14-4-3-12(9-16-14)10-17-8-5-13(11-17)18-6-1-2-7-18/h3-4,9,13H,1-2,5-8,10-11H2. The van der Waals surface area contributed by atoms with E-state index in [1.807, 2.05) is 12.3 Å². The normalized spacial score (nSPS) is 25.9. The molecule has 0 amide bonds. The molecule has 0 radical (unpaired) electrons. The molecule has 2 aliphatic rings. The van der Waals surface area contributed by atoms with E-state index in [0.717, 1.165) is 12.6 Å². The lowest BCUT2D eigenvalue weighted by atomic mass is 10.2. The molecule has 0 N–H and O–H groups in total. The van der Waals surface area contributed by atoms with Crippen LogP contribution in [0.25, 0.3) is 0 Å². The molecule has 3 heterocycles. The summed E-state index contributed by atoms with van der Waals surface area (Å²) >= 11 is 5.81. The third-order valence-electron chi connectivity index (χ3n) is 4.10. The minimum atomic E-state index is 0.579. The predicted octanol–water partition coefficient (Wildman–Crippen LogP) is 2.41. The van der Waals surface area contributed by atoms with E-state index >= 15 is 0 Å². The van der Waals surface area contributed by atoms with Gasteiger partial charge in [-0.05, 0) is 44.0 Å². The van der Waals surface area contributed by atoms with Crippen molar-refractivity contribution in [2.45, 2.75) is 31.8 Å². The van der Waals surface area contributed by atoms with Gasteiger partial charge in [-0.1, -0.05) is 17.7 Å². The SMILES string of the molecule is Clc1ccc(CN2CCC(N3CCCC3)C2)cn1. The highest BCUT2D eigenvalue weighted by molar-refractivity contribution is 6.29. The molecule has 98 valence electrons. The summed E-state index contributed by atoms with van der Waals surface area (Å²) in [4.78, 5) is 9.35. The van der Waals surface area contributed by atoms with Gasteiger partial charge in [-0.2, -0.15) is 0 Å². The average Bonchev–Trinajstić information content (AvgIpc) is 3.02. The van der Waals surface area contributed by atoms with Crippen molar-refractivity contribution in [3.63, 3.8) is 0 Å². The van der Waals surface area contributed by atoms with Crippen molar-refractivity contribution in [2.75, 3.05) is 26.2 Å². The predicted molar refractivity (Wildman–Crippen MR) is 73.7 cm³/mol. The Balaban J connectivity index is 1.54. The summed E-state index contributed by atoms with van der Waals surface area (Å²) in [5.74, 6) is 0. The van der Waals surface area contributed by atoms with Crippen LogP contribution in [-0.2, 0) is 6.54 Å². The summed E-state index contributed by atoms with van der Waals surface area (Å²) in [6.45, 7) is 6.04. The Morgan fingerprint density at radius 2 is 2.06 bits per heavy atom. The molecular formula is C14H20ClN3. The van der Waals surface area contributed by atoms with Gasteiger partial charge in [0, 0.05) is 31.9 Å². The molecule has 0 saturated carbocycles. The van der Waals surface area contributed by atoms with E-state index in [1.165, 1.54) is 51.0 Å². The lowest BCUT2D eigenvalue weighted by Gasteiger charge is -2.23. The van der Waals surface area contributed by atoms with Crippen molar-refractivity contribution in [1.82, 2.24) is 14.8 Å². The first-order valence-corrected chi connectivity index (χ1v) is 7.26. The second-order valence-corrected chi connectivity index (χ2v) is 5.80. The highest BCUT2D eigenvalue weighted by Gasteiger charge is 2.28. The van der Waals surface area contributed by atoms with E-state index in [0.29, 0.717) is 5.15 Å². The summed E-state index contributed by atoms with van der Waals surface area (Å²) in [5.41, 5.74) is 1.27. The molecule has 2 fully saturated rings. The minimum Gasteiger partial charge on any atom is -0.299 e. The third kappa shape index (κ3) is 2.85. The van der Waals surface area contributed by atoms with E-state index in [2.05, 4.69) is 20.9 Å². The van der Waals surface area contributed by atoms with Crippen molar-refractivity contribution in [3.8, 4) is 0 Å². The maximum Gasteiger partial charge on any atom is 0.129 e. The fourth-order valence-electron chi connectivity index (χ4n) is 3.12. The molecular weight excluding hydrogens is 246 g/mol. The van der Waals surface area contributed by atoms with Crippen LogP contribution in [0.2, 0.25) is 5.15 Å². The monoisotopic (exact) mass is 265 g/mol. The summed E-state index contributed by atoms with van der Waals surface area (Å²) in [7, 11) is 0. The van der Waals surface area contributed by atoms with Crippen molar-refractivity contribution in [3.05, 3.63) is 29.0 Å². The van der Waals surface area contributed by atoms with Crippen LogP contribution in [-0.4, -0.2) is 47.0 Å². The number of halogens is 1. The number of hydrogen-bond donors (Lipinski definition) is 0. The van der Waals surface area contributed by atoms with Crippen LogP contribution in [0, 0.1) is 0 Å². The maximum absolute atomic E-state index is 5.81. The summed E-state index contributed by atoms with van der Waals surface area (Å²) in [5, 5.41) is 0.579. The van der Waals surface area contributed by atoms with Gasteiger partial charge in [0.1, 0.15) is 5.15 Å². The van der Waals surface area contributed by atoms with E-state index in [4.69, 9.17) is 11.6 Å². The zero-order valence-electron chi connectivity index (χ0n) is 10.7. The molecule has 0 bridgehead atoms. The minimum absolute atomic E-state index is 0.579. The molecule has 0 spiro atoms. The molecule has 3 rings (SSSR count). The molecule has 0 aliphatic carbocycles. The zero-order valence-corrected chi connectivity index (χ0v) is 11.4. The molecule has 2 aliphatic heterocycles. The number of likely N-dealkylation sites (tertiary alicyclic amines) is 2. The summed E-state index contributed by atoms with van der Waals surface area (Å²) in [6, 6.07) is 4.75. The molecule has 1 unspecified atom stereocenters. The lowest BCUT2D eigenvalue weighted by Crippen LogP contribution is -2.35. The van der Waals surface area contributed by atoms with Crippen LogP contribution in [0.3, 0.4) is 0 Å². The Hall–Kier alpha value is -0.640. The van der Waals surface area contributed by atoms with Crippen LogP contribution in [0.4, 0.5) is 0 Å². The maximum atomic E-state index is 5.81. The Morgan fingerprint density at radius 3 is 2.78 bits per heavy atom. The van der Waals surface area contributed by atoms with Gasteiger partial charge in [0.05, 0.1) is 0 Å². The Kier molecular flexibility index (Phi) is 3.83. The van der Waals surface area contributed by atoms with Gasteiger partial charge in [-0.3, -0.25) is 9.80 Å². The zero-order chi connectivity index (χ0) is 12.4. The molecule has 2 saturated heterocycles. The number of pyridine rings is 1. The topological polar surface area (TPSA) is 19.4 Å². The first kappa shape index (κ1) is 12.4. The van der Waals surface area contributed by atoms with Crippen LogP contribution in [0.1, 0.15) is 24.8 Å². The van der Waals surface area contributed by atoms with Gasteiger partial charge in [0.15, 0.2) is 0 Å². The summed E-state index contributed by atoms with van der Waals surface area (Å²) < 4.78 is 0. The second kappa shape index (κ2) is 5.55. The van der Waals surface area contributed by atoms with Gasteiger partial charge in [-0.15, -0.1) is 0 Å². The summed E-state index contributed by atoms with van der Waals surface area (Å²) in [6.07, 6.45) is 5.99. The number of aromatic nitrogens is 1. The molecule has 18 heavy (non-hydrogen) atoms. The smallest absolute Gasteiger partial charge is 0.129 e. The third-order valence-corrected chi connectivity index (χ3v) is 4.32. The fourth-order valence-corrected chi connectivity index (χ4v) is 3.23. The van der Waals surface area contributed by atoms with Gasteiger partial charge in [0.25, 0.3) is 0 Å². The molecule has 1 atom stereocenters. The Bertz CT molecular complexity index is 387. The van der Waals surface area contributed by atoms with Crippen molar-refractivity contribution >= 4 is 11.6 Å². The molecule has 4 heteroatoms. The van der Waals surface area contributed by atoms with Crippen molar-refractivity contribution in [1.29, 1.82) is 0 Å². The van der Waals surface area contributed by atoms with E-state index in [9.17, 15) is 0 Å². The van der Waals surface area contributed by atoms with Gasteiger partial charge in [0.2, 0.25) is 0 Å². The lowest BCUT2D eigenvalue weighted by molar-refractivity contribution is 0.230. The molecule has 0 aromatic carbocycles. The number of nitrogens with zero attached hydrogens (tertiary/aromatic N) is 3. The first-order valence-electron chi connectivity index (χ1n) is 6.88. The van der Waals surface area contributed by atoms with Crippen LogP contribution < -0.4 is 0 Å². The average molecular weight is 266 g/mol.